The first kappa shape index (κ1) is 14.0. The van der Waals surface area contributed by atoms with Gasteiger partial charge in [0.1, 0.15) is 5.60 Å². The molecule has 0 rings (SSSR count). The van der Waals surface area contributed by atoms with Crippen molar-refractivity contribution in [2.24, 2.45) is 0 Å². The van der Waals surface area contributed by atoms with Crippen LogP contribution in [0.5, 0.6) is 0 Å². The first-order valence-corrected chi connectivity index (χ1v) is 5.04. The summed E-state index contributed by atoms with van der Waals surface area (Å²) >= 11 is 0. The lowest BCUT2D eigenvalue weighted by Gasteiger charge is -2.22. The van der Waals surface area contributed by atoms with Crippen molar-refractivity contribution < 1.29 is 14.6 Å². The SMILES string of the molecule is C=C[C@@H](C[C@@H](C)O)NC(=O)OC(C)(C)C. The zero-order chi connectivity index (χ0) is 12.1. The van der Waals surface area contributed by atoms with Crippen LogP contribution in [-0.4, -0.2) is 28.9 Å². The fourth-order valence-corrected chi connectivity index (χ4v) is 1.04. The molecule has 0 unspecified atom stereocenters. The van der Waals surface area contributed by atoms with Crippen LogP contribution in [0.4, 0.5) is 4.79 Å². The first-order valence-electron chi connectivity index (χ1n) is 5.04. The number of carbonyl (C=O) groups excluding carboxylic acids is 1. The van der Waals surface area contributed by atoms with Crippen LogP contribution in [0.15, 0.2) is 12.7 Å². The zero-order valence-corrected chi connectivity index (χ0v) is 9.91. The van der Waals surface area contributed by atoms with Gasteiger partial charge >= 0.3 is 6.09 Å². The average molecular weight is 215 g/mol. The number of carbonyl (C=O) groups is 1. The molecule has 0 heterocycles. The maximum atomic E-state index is 11.3. The quantitative estimate of drug-likeness (QED) is 0.703. The molecular formula is C11H21NO3. The lowest BCUT2D eigenvalue weighted by Crippen LogP contribution is -2.39. The van der Waals surface area contributed by atoms with E-state index in [0.29, 0.717) is 6.42 Å². The molecule has 0 aliphatic rings. The predicted molar refractivity (Wildman–Crippen MR) is 59.7 cm³/mol. The number of hydrogen-bond donors (Lipinski definition) is 2. The van der Waals surface area contributed by atoms with E-state index < -0.39 is 17.8 Å². The largest absolute Gasteiger partial charge is 0.444 e. The number of amides is 1. The molecule has 2 atom stereocenters. The minimum absolute atomic E-state index is 0.264. The summed E-state index contributed by atoms with van der Waals surface area (Å²) in [6, 6.07) is -0.264. The fraction of sp³-hybridized carbons (Fsp3) is 0.727. The van der Waals surface area contributed by atoms with Crippen LogP contribution >= 0.6 is 0 Å². The number of aliphatic hydroxyl groups excluding tert-OH is 1. The highest BCUT2D eigenvalue weighted by molar-refractivity contribution is 5.68. The number of hydrogen-bond acceptors (Lipinski definition) is 3. The van der Waals surface area contributed by atoms with Crippen LogP contribution in [0.2, 0.25) is 0 Å². The zero-order valence-electron chi connectivity index (χ0n) is 9.91. The Morgan fingerprint density at radius 3 is 2.47 bits per heavy atom. The summed E-state index contributed by atoms with van der Waals surface area (Å²) in [7, 11) is 0. The predicted octanol–water partition coefficient (Wildman–Crippen LogP) is 1.84. The highest BCUT2D eigenvalue weighted by Crippen LogP contribution is 2.07. The van der Waals surface area contributed by atoms with Gasteiger partial charge in [-0.25, -0.2) is 4.79 Å². The monoisotopic (exact) mass is 215 g/mol. The van der Waals surface area contributed by atoms with Gasteiger partial charge in [0.05, 0.1) is 12.1 Å². The van der Waals surface area contributed by atoms with E-state index in [1.807, 2.05) is 0 Å². The first-order chi connectivity index (χ1) is 6.74. The standard InChI is InChI=1S/C11H21NO3/c1-6-9(7-8(2)13)12-10(14)15-11(3,4)5/h6,8-9,13H,1,7H2,2-5H3,(H,12,14)/t8-,9+/m1/s1. The van der Waals surface area contributed by atoms with Gasteiger partial charge in [-0.3, -0.25) is 0 Å². The third kappa shape index (κ3) is 8.00. The lowest BCUT2D eigenvalue weighted by molar-refractivity contribution is 0.0502. The highest BCUT2D eigenvalue weighted by Gasteiger charge is 2.18. The van der Waals surface area contributed by atoms with Crippen LogP contribution < -0.4 is 5.32 Å². The lowest BCUT2D eigenvalue weighted by atomic mass is 10.1. The summed E-state index contributed by atoms with van der Waals surface area (Å²) < 4.78 is 5.07. The fourth-order valence-electron chi connectivity index (χ4n) is 1.04. The molecule has 0 bridgehead atoms. The number of nitrogens with one attached hydrogen (secondary N) is 1. The van der Waals surface area contributed by atoms with Crippen LogP contribution in [0, 0.1) is 0 Å². The smallest absolute Gasteiger partial charge is 0.408 e. The average Bonchev–Trinajstić information content (AvgIpc) is 1.98. The molecule has 0 saturated heterocycles. The Morgan fingerprint density at radius 1 is 1.60 bits per heavy atom. The van der Waals surface area contributed by atoms with E-state index in [1.54, 1.807) is 33.8 Å². The molecule has 0 aliphatic carbocycles. The van der Waals surface area contributed by atoms with Crippen molar-refractivity contribution in [3.63, 3.8) is 0 Å². The van der Waals surface area contributed by atoms with Crippen molar-refractivity contribution in [2.45, 2.75) is 51.9 Å². The van der Waals surface area contributed by atoms with Crippen molar-refractivity contribution >= 4 is 6.09 Å². The van der Waals surface area contributed by atoms with Crippen LogP contribution in [0.25, 0.3) is 0 Å². The maximum absolute atomic E-state index is 11.3. The summed E-state index contributed by atoms with van der Waals surface area (Å²) in [4.78, 5) is 11.3. The van der Waals surface area contributed by atoms with E-state index in [1.165, 1.54) is 0 Å². The van der Waals surface area contributed by atoms with Crippen LogP contribution in [-0.2, 0) is 4.74 Å². The van der Waals surface area contributed by atoms with E-state index in [9.17, 15) is 4.79 Å². The molecule has 1 amide bonds. The summed E-state index contributed by atoms with van der Waals surface area (Å²) in [6.07, 6.45) is 1.04. The van der Waals surface area contributed by atoms with Gasteiger partial charge in [-0.1, -0.05) is 6.08 Å². The summed E-state index contributed by atoms with van der Waals surface area (Å²) in [6.45, 7) is 10.6. The Kier molecular flexibility index (Phi) is 5.36. The van der Waals surface area contributed by atoms with E-state index in [4.69, 9.17) is 9.84 Å². The van der Waals surface area contributed by atoms with Gasteiger partial charge in [-0.15, -0.1) is 6.58 Å². The topological polar surface area (TPSA) is 58.6 Å². The summed E-state index contributed by atoms with van der Waals surface area (Å²) in [5.74, 6) is 0. The van der Waals surface area contributed by atoms with Crippen molar-refractivity contribution in [3.8, 4) is 0 Å². The molecule has 0 spiro atoms. The van der Waals surface area contributed by atoms with Gasteiger partial charge in [0.25, 0.3) is 0 Å². The van der Waals surface area contributed by atoms with Gasteiger partial charge in [-0.2, -0.15) is 0 Å². The second-order valence-electron chi connectivity index (χ2n) is 4.57. The minimum Gasteiger partial charge on any atom is -0.444 e. The van der Waals surface area contributed by atoms with E-state index in [0.717, 1.165) is 0 Å². The Labute approximate surface area is 91.3 Å². The molecule has 0 radical (unpaired) electrons. The minimum atomic E-state index is -0.513. The van der Waals surface area contributed by atoms with E-state index >= 15 is 0 Å². The second kappa shape index (κ2) is 5.75. The third-order valence-electron chi connectivity index (χ3n) is 1.58. The molecule has 15 heavy (non-hydrogen) atoms. The molecule has 0 fully saturated rings. The third-order valence-corrected chi connectivity index (χ3v) is 1.58. The normalized spacial score (nSPS) is 15.3. The van der Waals surface area contributed by atoms with Crippen LogP contribution in [0.3, 0.4) is 0 Å². The van der Waals surface area contributed by atoms with Crippen LogP contribution in [0.1, 0.15) is 34.1 Å². The molecule has 4 nitrogen and oxygen atoms in total. The van der Waals surface area contributed by atoms with Crippen molar-refractivity contribution in [2.75, 3.05) is 0 Å². The molecular weight excluding hydrogens is 194 g/mol. The highest BCUT2D eigenvalue weighted by atomic mass is 16.6. The van der Waals surface area contributed by atoms with Crippen molar-refractivity contribution in [3.05, 3.63) is 12.7 Å². The molecule has 0 aromatic carbocycles. The molecule has 0 aliphatic heterocycles. The number of rotatable bonds is 4. The molecule has 2 N–H and O–H groups in total. The Balaban J connectivity index is 4.08. The van der Waals surface area contributed by atoms with Gasteiger partial charge < -0.3 is 15.2 Å². The Hall–Kier alpha value is -1.03. The van der Waals surface area contributed by atoms with Crippen molar-refractivity contribution in [1.82, 2.24) is 5.32 Å². The van der Waals surface area contributed by atoms with Gasteiger partial charge in [0, 0.05) is 0 Å². The number of aliphatic hydroxyl groups is 1. The van der Waals surface area contributed by atoms with Gasteiger partial charge in [0.15, 0.2) is 0 Å². The van der Waals surface area contributed by atoms with Gasteiger partial charge in [-0.05, 0) is 34.1 Å². The van der Waals surface area contributed by atoms with E-state index in [2.05, 4.69) is 11.9 Å². The van der Waals surface area contributed by atoms with Crippen molar-refractivity contribution in [1.29, 1.82) is 0 Å². The Bertz CT molecular complexity index is 218. The summed E-state index contributed by atoms with van der Waals surface area (Å²) in [5, 5.41) is 11.8. The summed E-state index contributed by atoms with van der Waals surface area (Å²) in [5.41, 5.74) is -0.513. The van der Waals surface area contributed by atoms with Gasteiger partial charge in [0.2, 0.25) is 0 Å². The molecule has 88 valence electrons. The molecule has 4 heteroatoms. The molecule has 0 aromatic heterocycles. The second-order valence-corrected chi connectivity index (χ2v) is 4.57. The van der Waals surface area contributed by atoms with E-state index in [-0.39, 0.29) is 6.04 Å². The number of ether oxygens (including phenoxy) is 1. The maximum Gasteiger partial charge on any atom is 0.408 e. The number of alkyl carbamates (subject to hydrolysis) is 1. The molecule has 0 aromatic rings. The molecule has 0 saturated carbocycles. The Morgan fingerprint density at radius 2 is 2.13 bits per heavy atom.